The van der Waals surface area contributed by atoms with Crippen molar-refractivity contribution in [2.24, 2.45) is 0 Å². The molecule has 1 aromatic carbocycles. The average Bonchev–Trinajstić information content (AvgIpc) is 2.30. The van der Waals surface area contributed by atoms with Crippen LogP contribution >= 0.6 is 0 Å². The number of rotatable bonds is 6. The summed E-state index contributed by atoms with van der Waals surface area (Å²) in [4.78, 5) is 10.5. The summed E-state index contributed by atoms with van der Waals surface area (Å²) in [6.07, 6.45) is -0.506. The molecule has 1 unspecified atom stereocenters. The number of carboxylic acids is 1. The van der Waals surface area contributed by atoms with Crippen molar-refractivity contribution in [2.45, 2.75) is 24.3 Å². The molecule has 0 fully saturated rings. The zero-order chi connectivity index (χ0) is 14.6. The summed E-state index contributed by atoms with van der Waals surface area (Å²) in [6.45, 7) is 1.29. The number of halogens is 1. The number of ether oxygens (including phenoxy) is 1. The van der Waals surface area contributed by atoms with Crippen molar-refractivity contribution >= 4 is 15.8 Å². The van der Waals surface area contributed by atoms with Gasteiger partial charge in [-0.05, 0) is 13.0 Å². The molecule has 106 valence electrons. The molecule has 0 heterocycles. The van der Waals surface area contributed by atoms with Crippen molar-refractivity contribution in [2.75, 3.05) is 7.11 Å². The minimum absolute atomic E-state index is 0.0309. The van der Waals surface area contributed by atoms with Crippen molar-refractivity contribution in [3.8, 4) is 5.75 Å². The first-order valence-corrected chi connectivity index (χ1v) is 7.24. The van der Waals surface area contributed by atoms with Crippen molar-refractivity contribution in [1.29, 1.82) is 0 Å². The van der Waals surface area contributed by atoms with Crippen LogP contribution in [0, 0.1) is 5.82 Å². The second-order valence-corrected chi connectivity index (χ2v) is 6.57. The smallest absolute Gasteiger partial charge is 0.304 e. The fraction of sp³-hybridized carbons (Fsp3) is 0.417. The third-order valence-electron chi connectivity index (χ3n) is 2.69. The molecule has 0 amide bonds. The number of benzene rings is 1. The predicted octanol–water partition coefficient (Wildman–Crippen LogP) is 1.61. The summed E-state index contributed by atoms with van der Waals surface area (Å²) in [5.41, 5.74) is -0.0309. The molecule has 0 saturated carbocycles. The zero-order valence-corrected chi connectivity index (χ0v) is 11.4. The van der Waals surface area contributed by atoms with E-state index in [0.29, 0.717) is 0 Å². The van der Waals surface area contributed by atoms with Gasteiger partial charge in [-0.2, -0.15) is 0 Å². The molecule has 0 aliphatic heterocycles. The van der Waals surface area contributed by atoms with Crippen LogP contribution in [0.5, 0.6) is 5.75 Å². The molecule has 1 rings (SSSR count). The maximum atomic E-state index is 13.8. The first kappa shape index (κ1) is 15.4. The Hall–Kier alpha value is -1.63. The highest BCUT2D eigenvalue weighted by Gasteiger charge is 2.25. The van der Waals surface area contributed by atoms with E-state index in [4.69, 9.17) is 9.84 Å². The van der Waals surface area contributed by atoms with Gasteiger partial charge in [0.2, 0.25) is 0 Å². The number of carboxylic acid groups (broad SMARTS) is 1. The third-order valence-corrected chi connectivity index (χ3v) is 4.80. The Bertz CT molecular complexity index is 567. The Morgan fingerprint density at radius 1 is 1.47 bits per heavy atom. The third kappa shape index (κ3) is 3.92. The van der Waals surface area contributed by atoms with Crippen LogP contribution in [0.15, 0.2) is 18.2 Å². The van der Waals surface area contributed by atoms with Crippen molar-refractivity contribution in [1.82, 2.24) is 0 Å². The lowest BCUT2D eigenvalue weighted by atomic mass is 10.2. The molecular weight excluding hydrogens is 275 g/mol. The first-order valence-electron chi connectivity index (χ1n) is 5.52. The lowest BCUT2D eigenvalue weighted by Crippen LogP contribution is -2.23. The van der Waals surface area contributed by atoms with Crippen LogP contribution in [0.3, 0.4) is 0 Å². The van der Waals surface area contributed by atoms with Crippen LogP contribution in [-0.4, -0.2) is 31.9 Å². The van der Waals surface area contributed by atoms with E-state index in [1.165, 1.54) is 32.2 Å². The van der Waals surface area contributed by atoms with Gasteiger partial charge in [-0.15, -0.1) is 0 Å². The number of aliphatic carboxylic acids is 1. The Morgan fingerprint density at radius 3 is 2.63 bits per heavy atom. The topological polar surface area (TPSA) is 80.7 Å². The van der Waals surface area contributed by atoms with E-state index in [0.717, 1.165) is 0 Å². The fourth-order valence-electron chi connectivity index (χ4n) is 1.56. The number of sulfone groups is 1. The summed E-state index contributed by atoms with van der Waals surface area (Å²) in [6, 6.07) is 4.20. The van der Waals surface area contributed by atoms with Gasteiger partial charge in [0.1, 0.15) is 0 Å². The highest BCUT2D eigenvalue weighted by molar-refractivity contribution is 7.91. The van der Waals surface area contributed by atoms with Crippen LogP contribution in [0.1, 0.15) is 18.9 Å². The number of hydrogen-bond donors (Lipinski definition) is 1. The molecule has 0 aliphatic rings. The van der Waals surface area contributed by atoms with E-state index >= 15 is 0 Å². The maximum absolute atomic E-state index is 13.8. The molecule has 0 radical (unpaired) electrons. The second-order valence-electron chi connectivity index (χ2n) is 4.15. The van der Waals surface area contributed by atoms with Gasteiger partial charge >= 0.3 is 5.97 Å². The molecule has 1 N–H and O–H groups in total. The van der Waals surface area contributed by atoms with E-state index in [1.54, 1.807) is 0 Å². The van der Waals surface area contributed by atoms with Crippen molar-refractivity contribution in [3.05, 3.63) is 29.6 Å². The lowest BCUT2D eigenvalue weighted by Gasteiger charge is -2.12. The minimum Gasteiger partial charge on any atom is -0.494 e. The molecule has 0 bridgehead atoms. The van der Waals surface area contributed by atoms with Crippen LogP contribution in [0.2, 0.25) is 0 Å². The Balaban J connectivity index is 2.99. The Kier molecular flexibility index (Phi) is 4.88. The van der Waals surface area contributed by atoms with Gasteiger partial charge in [-0.25, -0.2) is 12.8 Å². The number of methoxy groups -OCH3 is 1. The molecule has 0 saturated heterocycles. The first-order chi connectivity index (χ1) is 8.77. The van der Waals surface area contributed by atoms with E-state index in [2.05, 4.69) is 0 Å². The summed E-state index contributed by atoms with van der Waals surface area (Å²) in [7, 11) is -2.45. The number of carbonyl (C=O) groups is 1. The van der Waals surface area contributed by atoms with Crippen molar-refractivity contribution < 1.29 is 27.4 Å². The minimum atomic E-state index is -3.73. The zero-order valence-electron chi connectivity index (χ0n) is 10.6. The van der Waals surface area contributed by atoms with E-state index in [1.807, 2.05) is 0 Å². The molecule has 1 atom stereocenters. The molecule has 1 aromatic rings. The van der Waals surface area contributed by atoms with Crippen molar-refractivity contribution in [3.63, 3.8) is 0 Å². The van der Waals surface area contributed by atoms with E-state index in [9.17, 15) is 17.6 Å². The van der Waals surface area contributed by atoms with E-state index in [-0.39, 0.29) is 11.3 Å². The molecule has 7 heteroatoms. The van der Waals surface area contributed by atoms with E-state index < -0.39 is 39.0 Å². The Morgan fingerprint density at radius 2 is 2.11 bits per heavy atom. The second kappa shape index (κ2) is 6.01. The Labute approximate surface area is 110 Å². The number of hydrogen-bond acceptors (Lipinski definition) is 4. The molecule has 19 heavy (non-hydrogen) atoms. The highest BCUT2D eigenvalue weighted by Crippen LogP contribution is 2.23. The van der Waals surface area contributed by atoms with Crippen LogP contribution < -0.4 is 4.74 Å². The van der Waals surface area contributed by atoms with Gasteiger partial charge in [0.05, 0.1) is 24.5 Å². The molecule has 0 aromatic heterocycles. The van der Waals surface area contributed by atoms with Gasteiger partial charge in [-0.3, -0.25) is 4.79 Å². The molecule has 0 spiro atoms. The van der Waals surface area contributed by atoms with Crippen LogP contribution in [0.25, 0.3) is 0 Å². The van der Waals surface area contributed by atoms with Gasteiger partial charge in [-0.1, -0.05) is 12.1 Å². The SMILES string of the molecule is COc1cccc(CS(=O)(=O)C(C)CC(=O)O)c1F. The summed E-state index contributed by atoms with van der Waals surface area (Å²) >= 11 is 0. The standard InChI is InChI=1S/C12H15FO5S/c1-8(6-11(14)15)19(16,17)7-9-4-3-5-10(18-2)12(9)13/h3-5,8H,6-7H2,1-2H3,(H,14,15). The summed E-state index contributed by atoms with van der Waals surface area (Å²) in [5, 5.41) is 7.52. The van der Waals surface area contributed by atoms with Gasteiger partial charge < -0.3 is 9.84 Å². The fourth-order valence-corrected chi connectivity index (χ4v) is 2.89. The summed E-state index contributed by atoms with van der Waals surface area (Å²) < 4.78 is 42.4. The van der Waals surface area contributed by atoms with Crippen LogP contribution in [-0.2, 0) is 20.4 Å². The normalized spacial score (nSPS) is 13.0. The molecule has 0 aliphatic carbocycles. The average molecular weight is 290 g/mol. The summed E-state index contributed by atoms with van der Waals surface area (Å²) in [5.74, 6) is -2.54. The molecular formula is C12H15FO5S. The van der Waals surface area contributed by atoms with Gasteiger partial charge in [0.15, 0.2) is 21.4 Å². The van der Waals surface area contributed by atoms with Gasteiger partial charge in [0.25, 0.3) is 0 Å². The quantitative estimate of drug-likeness (QED) is 0.861. The van der Waals surface area contributed by atoms with Crippen LogP contribution in [0.4, 0.5) is 4.39 Å². The lowest BCUT2D eigenvalue weighted by molar-refractivity contribution is -0.136. The monoisotopic (exact) mass is 290 g/mol. The molecule has 5 nitrogen and oxygen atoms in total. The largest absolute Gasteiger partial charge is 0.494 e. The van der Waals surface area contributed by atoms with Gasteiger partial charge in [0, 0.05) is 5.56 Å². The predicted molar refractivity (Wildman–Crippen MR) is 67.3 cm³/mol. The highest BCUT2D eigenvalue weighted by atomic mass is 32.2. The maximum Gasteiger partial charge on any atom is 0.304 e.